The number of hydrogen-bond acceptors (Lipinski definition) is 5. The highest BCUT2D eigenvalue weighted by Crippen LogP contribution is 2.44. The molecule has 2 aromatic rings. The number of amides is 1. The quantitative estimate of drug-likeness (QED) is 0.278. The summed E-state index contributed by atoms with van der Waals surface area (Å²) in [6.45, 7) is 4.87. The summed E-state index contributed by atoms with van der Waals surface area (Å²) in [5, 5.41) is 9.80. The first kappa shape index (κ1) is 23.4. The summed E-state index contributed by atoms with van der Waals surface area (Å²) < 4.78 is 11.1. The van der Waals surface area contributed by atoms with Gasteiger partial charge in [0.15, 0.2) is 0 Å². The molecule has 0 unspecified atom stereocenters. The van der Waals surface area contributed by atoms with Crippen LogP contribution in [-0.4, -0.2) is 36.4 Å². The SMILES string of the molecule is CCOc1ccc(/C=C2/CCC[C@@H]3C2=NN(C(=O)CN=[N+]=[N-])[C@H]3c2ccc(OCC)cc2)cc1. The van der Waals surface area contributed by atoms with Crippen LogP contribution in [0.5, 0.6) is 11.5 Å². The molecular weight excluding hydrogens is 430 g/mol. The monoisotopic (exact) mass is 459 g/mol. The topological polar surface area (TPSA) is 99.9 Å². The molecule has 0 aromatic heterocycles. The zero-order chi connectivity index (χ0) is 23.9. The highest BCUT2D eigenvalue weighted by Gasteiger charge is 2.43. The van der Waals surface area contributed by atoms with Crippen molar-refractivity contribution in [1.82, 2.24) is 5.01 Å². The Bertz CT molecular complexity index is 1120. The van der Waals surface area contributed by atoms with Gasteiger partial charge in [0.05, 0.1) is 25.0 Å². The van der Waals surface area contributed by atoms with Gasteiger partial charge in [0.2, 0.25) is 5.91 Å². The lowest BCUT2D eigenvalue weighted by atomic mass is 9.77. The largest absolute Gasteiger partial charge is 0.494 e. The lowest BCUT2D eigenvalue weighted by Gasteiger charge is -2.29. The predicted molar refractivity (Wildman–Crippen MR) is 132 cm³/mol. The molecule has 1 amide bonds. The van der Waals surface area contributed by atoms with Crippen LogP contribution in [0.4, 0.5) is 0 Å². The molecule has 34 heavy (non-hydrogen) atoms. The molecule has 4 rings (SSSR count). The van der Waals surface area contributed by atoms with Gasteiger partial charge in [-0.15, -0.1) is 0 Å². The number of hydrazone groups is 1. The molecule has 2 atom stereocenters. The molecule has 1 saturated carbocycles. The normalized spacial score (nSPS) is 20.4. The summed E-state index contributed by atoms with van der Waals surface area (Å²) in [5.74, 6) is 1.40. The highest BCUT2D eigenvalue weighted by atomic mass is 16.5. The molecule has 8 nitrogen and oxygen atoms in total. The lowest BCUT2D eigenvalue weighted by molar-refractivity contribution is -0.132. The smallest absolute Gasteiger partial charge is 0.249 e. The van der Waals surface area contributed by atoms with Crippen LogP contribution in [0.15, 0.2) is 64.3 Å². The maximum Gasteiger partial charge on any atom is 0.249 e. The molecule has 1 fully saturated rings. The second kappa shape index (κ2) is 10.9. The third-order valence-electron chi connectivity index (χ3n) is 6.09. The molecule has 1 heterocycles. The van der Waals surface area contributed by atoms with Crippen LogP contribution in [0.2, 0.25) is 0 Å². The Morgan fingerprint density at radius 1 is 1.12 bits per heavy atom. The second-order valence-corrected chi connectivity index (χ2v) is 8.23. The first-order chi connectivity index (χ1) is 16.6. The summed E-state index contributed by atoms with van der Waals surface area (Å²) in [7, 11) is 0. The summed E-state index contributed by atoms with van der Waals surface area (Å²) in [6, 6.07) is 15.6. The molecule has 176 valence electrons. The minimum atomic E-state index is -0.306. The van der Waals surface area contributed by atoms with Gasteiger partial charge in [-0.1, -0.05) is 29.4 Å². The fourth-order valence-corrected chi connectivity index (χ4v) is 4.66. The van der Waals surface area contributed by atoms with Gasteiger partial charge >= 0.3 is 0 Å². The molecule has 2 aromatic carbocycles. The van der Waals surface area contributed by atoms with Gasteiger partial charge in [-0.05, 0) is 85.7 Å². The van der Waals surface area contributed by atoms with Crippen LogP contribution in [0.3, 0.4) is 0 Å². The minimum Gasteiger partial charge on any atom is -0.494 e. The van der Waals surface area contributed by atoms with E-state index in [0.717, 1.165) is 53.2 Å². The number of azide groups is 1. The maximum absolute atomic E-state index is 13.0. The molecular formula is C26H29N5O3. The van der Waals surface area contributed by atoms with Crippen LogP contribution >= 0.6 is 0 Å². The lowest BCUT2D eigenvalue weighted by Crippen LogP contribution is -2.33. The standard InChI is InChI=1S/C26H29N5O3/c1-3-33-21-12-8-18(9-13-21)16-20-6-5-7-23-25(20)29-31(24(32)17-28-30-27)26(23)19-10-14-22(15-11-19)34-4-2/h8-16,23,26H,3-7,17H2,1-2H3/b20-16-/t23-,26+/m1/s1. The van der Waals surface area contributed by atoms with Crippen molar-refractivity contribution in [2.24, 2.45) is 16.1 Å². The zero-order valence-corrected chi connectivity index (χ0v) is 19.6. The fraction of sp³-hybridized carbons (Fsp3) is 0.385. The molecule has 1 aliphatic heterocycles. The maximum atomic E-state index is 13.0. The van der Waals surface area contributed by atoms with Gasteiger partial charge in [0.1, 0.15) is 18.0 Å². The van der Waals surface area contributed by atoms with Crippen molar-refractivity contribution in [3.8, 4) is 11.5 Å². The molecule has 0 spiro atoms. The van der Waals surface area contributed by atoms with E-state index < -0.39 is 0 Å². The van der Waals surface area contributed by atoms with Crippen LogP contribution < -0.4 is 9.47 Å². The van der Waals surface area contributed by atoms with Crippen molar-refractivity contribution < 1.29 is 14.3 Å². The third kappa shape index (κ3) is 5.07. The fourth-order valence-electron chi connectivity index (χ4n) is 4.66. The number of hydrogen-bond donors (Lipinski definition) is 0. The van der Waals surface area contributed by atoms with E-state index in [1.807, 2.05) is 62.4 Å². The predicted octanol–water partition coefficient (Wildman–Crippen LogP) is 5.92. The number of carbonyl (C=O) groups excluding carboxylic acids is 1. The van der Waals surface area contributed by atoms with Gasteiger partial charge in [-0.3, -0.25) is 4.79 Å². The summed E-state index contributed by atoms with van der Waals surface area (Å²) in [4.78, 5) is 15.7. The molecule has 0 N–H and O–H groups in total. The molecule has 0 saturated heterocycles. The molecule has 1 aliphatic carbocycles. The van der Waals surface area contributed by atoms with E-state index >= 15 is 0 Å². The molecule has 8 heteroatoms. The van der Waals surface area contributed by atoms with E-state index in [2.05, 4.69) is 16.1 Å². The van der Waals surface area contributed by atoms with E-state index in [0.29, 0.717) is 13.2 Å². The number of rotatable bonds is 8. The second-order valence-electron chi connectivity index (χ2n) is 8.23. The number of fused-ring (bicyclic) bond motifs is 1. The molecule has 2 aliphatic rings. The minimum absolute atomic E-state index is 0.0793. The number of carbonyl (C=O) groups is 1. The highest BCUT2D eigenvalue weighted by molar-refractivity contribution is 6.08. The first-order valence-electron chi connectivity index (χ1n) is 11.7. The number of benzene rings is 2. The Hall–Kier alpha value is -3.77. The number of allylic oxidation sites excluding steroid dienone is 1. The molecule has 0 radical (unpaired) electrons. The third-order valence-corrected chi connectivity index (χ3v) is 6.09. The van der Waals surface area contributed by atoms with Crippen LogP contribution in [0.25, 0.3) is 16.5 Å². The summed E-state index contributed by atoms with van der Waals surface area (Å²) in [6.07, 6.45) is 5.00. The Balaban J connectivity index is 1.67. The van der Waals surface area contributed by atoms with E-state index in [9.17, 15) is 4.79 Å². The zero-order valence-electron chi connectivity index (χ0n) is 19.6. The Morgan fingerprint density at radius 3 is 2.38 bits per heavy atom. The van der Waals surface area contributed by atoms with E-state index in [-0.39, 0.29) is 24.4 Å². The van der Waals surface area contributed by atoms with E-state index in [4.69, 9.17) is 20.1 Å². The van der Waals surface area contributed by atoms with E-state index in [1.54, 1.807) is 0 Å². The van der Waals surface area contributed by atoms with Crippen LogP contribution in [0.1, 0.15) is 50.3 Å². The average molecular weight is 460 g/mol. The van der Waals surface area contributed by atoms with Crippen molar-refractivity contribution in [3.63, 3.8) is 0 Å². The Morgan fingerprint density at radius 2 is 1.76 bits per heavy atom. The Kier molecular flexibility index (Phi) is 7.50. The van der Waals surface area contributed by atoms with Gasteiger partial charge in [-0.2, -0.15) is 5.10 Å². The van der Waals surface area contributed by atoms with Crippen LogP contribution in [0, 0.1) is 5.92 Å². The van der Waals surface area contributed by atoms with Crippen molar-refractivity contribution in [3.05, 3.63) is 75.7 Å². The molecule has 0 bridgehead atoms. The summed E-state index contributed by atoms with van der Waals surface area (Å²) in [5.41, 5.74) is 12.8. The summed E-state index contributed by atoms with van der Waals surface area (Å²) >= 11 is 0. The van der Waals surface area contributed by atoms with Gasteiger partial charge in [0, 0.05) is 10.8 Å². The van der Waals surface area contributed by atoms with Crippen molar-refractivity contribution in [2.45, 2.75) is 39.2 Å². The van der Waals surface area contributed by atoms with Gasteiger partial charge < -0.3 is 9.47 Å². The number of nitrogens with zero attached hydrogens (tertiary/aromatic N) is 5. The van der Waals surface area contributed by atoms with Crippen LogP contribution in [-0.2, 0) is 4.79 Å². The van der Waals surface area contributed by atoms with E-state index in [1.165, 1.54) is 5.01 Å². The van der Waals surface area contributed by atoms with Crippen molar-refractivity contribution in [2.75, 3.05) is 19.8 Å². The average Bonchev–Trinajstić information content (AvgIpc) is 3.25. The van der Waals surface area contributed by atoms with Crippen molar-refractivity contribution >= 4 is 17.7 Å². The van der Waals surface area contributed by atoms with Crippen molar-refractivity contribution in [1.29, 1.82) is 0 Å². The van der Waals surface area contributed by atoms with Gasteiger partial charge in [0.25, 0.3) is 0 Å². The van der Waals surface area contributed by atoms with Gasteiger partial charge in [-0.25, -0.2) is 5.01 Å². The Labute approximate surface area is 199 Å². The first-order valence-corrected chi connectivity index (χ1v) is 11.7. The number of ether oxygens (including phenoxy) is 2.